The van der Waals surface area contributed by atoms with Crippen molar-refractivity contribution < 1.29 is 0 Å². The first-order valence-corrected chi connectivity index (χ1v) is 7.42. The third kappa shape index (κ3) is 3.55. The second-order valence-electron chi connectivity index (χ2n) is 3.85. The van der Waals surface area contributed by atoms with Crippen molar-refractivity contribution in [2.45, 2.75) is 19.5 Å². The molecule has 0 spiro atoms. The molecule has 0 aliphatic heterocycles. The maximum Gasteiger partial charge on any atom is 0.0417 e. The van der Waals surface area contributed by atoms with Crippen LogP contribution < -0.4 is 5.32 Å². The third-order valence-electron chi connectivity index (χ3n) is 2.58. The van der Waals surface area contributed by atoms with Crippen LogP contribution in [0.4, 0.5) is 0 Å². The van der Waals surface area contributed by atoms with Crippen molar-refractivity contribution in [3.63, 3.8) is 0 Å². The lowest BCUT2D eigenvalue weighted by molar-refractivity contribution is 0.582. The Morgan fingerprint density at radius 2 is 2.24 bits per heavy atom. The van der Waals surface area contributed by atoms with Crippen LogP contribution in [0, 0.1) is 0 Å². The lowest BCUT2D eigenvalue weighted by atomic mass is 10.2. The summed E-state index contributed by atoms with van der Waals surface area (Å²) in [5.74, 6) is 0. The molecule has 0 unspecified atom stereocenters. The minimum atomic E-state index is 0.373. The number of hydrogen-bond donors (Lipinski definition) is 1. The van der Waals surface area contributed by atoms with Gasteiger partial charge in [-0.15, -0.1) is 11.3 Å². The molecule has 0 radical (unpaired) electrons. The van der Waals surface area contributed by atoms with E-state index in [9.17, 15) is 0 Å². The summed E-state index contributed by atoms with van der Waals surface area (Å²) in [5.41, 5.74) is 1.22. The molecule has 0 saturated heterocycles. The Bertz CT molecular complexity index is 484. The molecule has 17 heavy (non-hydrogen) atoms. The SMILES string of the molecule is C[C@@H](NCc1ccc(Cl)cc1Br)c1cccs1. The van der Waals surface area contributed by atoms with Gasteiger partial charge in [0.05, 0.1) is 0 Å². The van der Waals surface area contributed by atoms with Gasteiger partial charge in [0, 0.05) is 27.0 Å². The Balaban J connectivity index is 1.98. The van der Waals surface area contributed by atoms with E-state index in [0.717, 1.165) is 16.0 Å². The van der Waals surface area contributed by atoms with Crippen LogP contribution in [0.2, 0.25) is 5.02 Å². The number of nitrogens with one attached hydrogen (secondary N) is 1. The number of rotatable bonds is 4. The molecule has 1 atom stereocenters. The summed E-state index contributed by atoms with van der Waals surface area (Å²) in [6.45, 7) is 3.01. The quantitative estimate of drug-likeness (QED) is 0.830. The van der Waals surface area contributed by atoms with Crippen molar-refractivity contribution in [3.8, 4) is 0 Å². The van der Waals surface area contributed by atoms with Crippen LogP contribution in [0.5, 0.6) is 0 Å². The Morgan fingerprint density at radius 3 is 2.88 bits per heavy atom. The largest absolute Gasteiger partial charge is 0.305 e. The van der Waals surface area contributed by atoms with Gasteiger partial charge in [-0.1, -0.05) is 39.7 Å². The Hall–Kier alpha value is -0.350. The summed E-state index contributed by atoms with van der Waals surface area (Å²) < 4.78 is 1.05. The fourth-order valence-corrected chi connectivity index (χ4v) is 3.15. The van der Waals surface area contributed by atoms with E-state index in [1.54, 1.807) is 11.3 Å². The summed E-state index contributed by atoms with van der Waals surface area (Å²) in [4.78, 5) is 1.36. The van der Waals surface area contributed by atoms with E-state index >= 15 is 0 Å². The van der Waals surface area contributed by atoms with E-state index in [-0.39, 0.29) is 0 Å². The molecule has 0 saturated carbocycles. The highest BCUT2D eigenvalue weighted by atomic mass is 79.9. The zero-order valence-corrected chi connectivity index (χ0v) is 12.6. The molecule has 1 N–H and O–H groups in total. The van der Waals surface area contributed by atoms with Crippen LogP contribution in [0.1, 0.15) is 23.4 Å². The highest BCUT2D eigenvalue weighted by Gasteiger charge is 2.07. The number of halogens is 2. The summed E-state index contributed by atoms with van der Waals surface area (Å²) >= 11 is 11.2. The van der Waals surface area contributed by atoms with Crippen molar-refractivity contribution in [2.24, 2.45) is 0 Å². The van der Waals surface area contributed by atoms with Gasteiger partial charge < -0.3 is 5.32 Å². The van der Waals surface area contributed by atoms with Gasteiger partial charge in [0.15, 0.2) is 0 Å². The van der Waals surface area contributed by atoms with Gasteiger partial charge in [-0.05, 0) is 36.1 Å². The molecule has 4 heteroatoms. The fourth-order valence-electron chi connectivity index (χ4n) is 1.57. The summed E-state index contributed by atoms with van der Waals surface area (Å²) in [6.07, 6.45) is 0. The van der Waals surface area contributed by atoms with Crippen LogP contribution in [-0.4, -0.2) is 0 Å². The lowest BCUT2D eigenvalue weighted by Gasteiger charge is -2.13. The second-order valence-corrected chi connectivity index (χ2v) is 6.12. The van der Waals surface area contributed by atoms with Crippen molar-refractivity contribution in [2.75, 3.05) is 0 Å². The summed E-state index contributed by atoms with van der Waals surface area (Å²) in [5, 5.41) is 6.36. The zero-order valence-electron chi connectivity index (χ0n) is 9.41. The Morgan fingerprint density at radius 1 is 1.41 bits per heavy atom. The van der Waals surface area contributed by atoms with Gasteiger partial charge >= 0.3 is 0 Å². The van der Waals surface area contributed by atoms with Gasteiger partial charge in [-0.3, -0.25) is 0 Å². The highest BCUT2D eigenvalue weighted by Crippen LogP contribution is 2.23. The van der Waals surface area contributed by atoms with E-state index in [4.69, 9.17) is 11.6 Å². The van der Waals surface area contributed by atoms with E-state index in [2.05, 4.69) is 45.7 Å². The number of hydrogen-bond acceptors (Lipinski definition) is 2. The van der Waals surface area contributed by atoms with Crippen LogP contribution >= 0.6 is 38.9 Å². The summed E-state index contributed by atoms with van der Waals surface area (Å²) in [6, 6.07) is 10.5. The first-order chi connectivity index (χ1) is 8.16. The number of benzene rings is 1. The Labute approximate surface area is 119 Å². The molecule has 1 aromatic heterocycles. The van der Waals surface area contributed by atoms with Crippen LogP contribution in [-0.2, 0) is 6.54 Å². The molecule has 0 aliphatic carbocycles. The normalized spacial score (nSPS) is 12.6. The molecule has 2 rings (SSSR count). The molecular weight excluding hydrogens is 318 g/mol. The predicted octanol–water partition coefficient (Wildman–Crippen LogP) is 5.01. The van der Waals surface area contributed by atoms with Crippen molar-refractivity contribution >= 4 is 38.9 Å². The van der Waals surface area contributed by atoms with Crippen LogP contribution in [0.15, 0.2) is 40.2 Å². The fraction of sp³-hybridized carbons (Fsp3) is 0.231. The summed E-state index contributed by atoms with van der Waals surface area (Å²) in [7, 11) is 0. The lowest BCUT2D eigenvalue weighted by Crippen LogP contribution is -2.17. The van der Waals surface area contributed by atoms with Crippen molar-refractivity contribution in [3.05, 3.63) is 55.6 Å². The minimum Gasteiger partial charge on any atom is -0.305 e. The van der Waals surface area contributed by atoms with Gasteiger partial charge in [0.25, 0.3) is 0 Å². The highest BCUT2D eigenvalue weighted by molar-refractivity contribution is 9.10. The van der Waals surface area contributed by atoms with Crippen molar-refractivity contribution in [1.29, 1.82) is 0 Å². The van der Waals surface area contributed by atoms with Crippen molar-refractivity contribution in [1.82, 2.24) is 5.32 Å². The maximum atomic E-state index is 5.91. The molecule has 2 aromatic rings. The topological polar surface area (TPSA) is 12.0 Å². The average Bonchev–Trinajstić information content (AvgIpc) is 2.81. The average molecular weight is 331 g/mol. The first-order valence-electron chi connectivity index (χ1n) is 5.37. The smallest absolute Gasteiger partial charge is 0.0417 e. The second kappa shape index (κ2) is 6.01. The van der Waals surface area contributed by atoms with Crippen LogP contribution in [0.3, 0.4) is 0 Å². The molecule has 0 amide bonds. The molecule has 1 nitrogen and oxygen atoms in total. The monoisotopic (exact) mass is 329 g/mol. The Kier molecular flexibility index (Phi) is 4.62. The van der Waals surface area contributed by atoms with Gasteiger partial charge in [0.2, 0.25) is 0 Å². The van der Waals surface area contributed by atoms with E-state index in [1.807, 2.05) is 18.2 Å². The van der Waals surface area contributed by atoms with E-state index in [0.29, 0.717) is 6.04 Å². The third-order valence-corrected chi connectivity index (χ3v) is 4.61. The van der Waals surface area contributed by atoms with Crippen LogP contribution in [0.25, 0.3) is 0 Å². The molecule has 1 aromatic carbocycles. The van der Waals surface area contributed by atoms with Gasteiger partial charge in [-0.2, -0.15) is 0 Å². The molecular formula is C13H13BrClNS. The predicted molar refractivity (Wildman–Crippen MR) is 78.7 cm³/mol. The van der Waals surface area contributed by atoms with E-state index in [1.165, 1.54) is 10.4 Å². The molecule has 0 bridgehead atoms. The molecule has 0 fully saturated rings. The molecule has 1 heterocycles. The molecule has 0 aliphatic rings. The zero-order chi connectivity index (χ0) is 12.3. The molecule has 90 valence electrons. The van der Waals surface area contributed by atoms with E-state index < -0.39 is 0 Å². The standard InChI is InChI=1S/C13H13BrClNS/c1-9(13-3-2-6-17-13)16-8-10-4-5-11(15)7-12(10)14/h2-7,9,16H,8H2,1H3/t9-/m1/s1. The minimum absolute atomic E-state index is 0.373. The number of thiophene rings is 1. The van der Waals surface area contributed by atoms with Gasteiger partial charge in [-0.25, -0.2) is 0 Å². The first kappa shape index (κ1) is 13.1. The van der Waals surface area contributed by atoms with Gasteiger partial charge in [0.1, 0.15) is 0 Å². The maximum absolute atomic E-state index is 5.91.